The summed E-state index contributed by atoms with van der Waals surface area (Å²) in [4.78, 5) is 8.49. The van der Waals surface area contributed by atoms with Gasteiger partial charge >= 0.3 is 0 Å². The van der Waals surface area contributed by atoms with Crippen molar-refractivity contribution in [1.82, 2.24) is 9.38 Å². The monoisotopic (exact) mass is 327 g/mol. The van der Waals surface area contributed by atoms with Crippen molar-refractivity contribution in [2.75, 3.05) is 4.90 Å². The molecule has 0 aliphatic carbocycles. The SMILES string of the molecule is CCC1CCC(C)N1c1nc2sccn2c1CBr. The van der Waals surface area contributed by atoms with Crippen LogP contribution in [0.2, 0.25) is 0 Å². The van der Waals surface area contributed by atoms with Crippen LogP contribution in [-0.4, -0.2) is 21.5 Å². The fourth-order valence-corrected chi connectivity index (χ4v) is 4.26. The third kappa shape index (κ3) is 1.79. The number of alkyl halides is 1. The fraction of sp³-hybridized carbons (Fsp3) is 0.615. The Morgan fingerprint density at radius 2 is 2.33 bits per heavy atom. The van der Waals surface area contributed by atoms with Crippen molar-refractivity contribution in [2.45, 2.75) is 50.5 Å². The van der Waals surface area contributed by atoms with E-state index < -0.39 is 0 Å². The van der Waals surface area contributed by atoms with E-state index >= 15 is 0 Å². The van der Waals surface area contributed by atoms with Crippen LogP contribution in [0.5, 0.6) is 0 Å². The zero-order valence-corrected chi connectivity index (χ0v) is 13.2. The van der Waals surface area contributed by atoms with E-state index in [2.05, 4.69) is 50.7 Å². The first-order valence-electron chi connectivity index (χ1n) is 6.55. The predicted octanol–water partition coefficient (Wildman–Crippen LogP) is 4.06. The highest BCUT2D eigenvalue weighted by Gasteiger charge is 2.33. The Balaban J connectivity index is 2.09. The smallest absolute Gasteiger partial charge is 0.195 e. The number of halogens is 1. The van der Waals surface area contributed by atoms with Crippen molar-refractivity contribution in [1.29, 1.82) is 0 Å². The Morgan fingerprint density at radius 3 is 3.06 bits per heavy atom. The van der Waals surface area contributed by atoms with Crippen molar-refractivity contribution in [3.8, 4) is 0 Å². The van der Waals surface area contributed by atoms with E-state index in [0.717, 1.165) is 10.3 Å². The molecule has 1 aliphatic rings. The number of imidazole rings is 1. The number of rotatable bonds is 3. The predicted molar refractivity (Wildman–Crippen MR) is 81.0 cm³/mol. The third-order valence-corrected chi connectivity index (χ3v) is 5.26. The quantitative estimate of drug-likeness (QED) is 0.792. The second-order valence-electron chi connectivity index (χ2n) is 4.97. The van der Waals surface area contributed by atoms with Crippen LogP contribution in [0.3, 0.4) is 0 Å². The van der Waals surface area contributed by atoms with Gasteiger partial charge in [0.05, 0.1) is 5.69 Å². The van der Waals surface area contributed by atoms with Crippen LogP contribution in [0.25, 0.3) is 4.96 Å². The third-order valence-electron chi connectivity index (χ3n) is 3.97. The molecule has 2 atom stereocenters. The second kappa shape index (κ2) is 4.85. The van der Waals surface area contributed by atoms with E-state index in [0.29, 0.717) is 12.1 Å². The molecule has 5 heteroatoms. The van der Waals surface area contributed by atoms with Crippen LogP contribution in [0.15, 0.2) is 11.6 Å². The number of anilines is 1. The van der Waals surface area contributed by atoms with Gasteiger partial charge in [0.2, 0.25) is 0 Å². The van der Waals surface area contributed by atoms with Crippen LogP contribution >= 0.6 is 27.3 Å². The minimum atomic E-state index is 0.609. The van der Waals surface area contributed by atoms with Gasteiger partial charge in [0.1, 0.15) is 0 Å². The molecule has 1 fully saturated rings. The molecule has 98 valence electrons. The van der Waals surface area contributed by atoms with Gasteiger partial charge in [-0.3, -0.25) is 4.40 Å². The van der Waals surface area contributed by atoms with Gasteiger partial charge in [-0.2, -0.15) is 0 Å². The van der Waals surface area contributed by atoms with E-state index in [1.54, 1.807) is 11.3 Å². The molecule has 2 unspecified atom stereocenters. The van der Waals surface area contributed by atoms with Crippen LogP contribution in [-0.2, 0) is 5.33 Å². The molecule has 0 bridgehead atoms. The number of fused-ring (bicyclic) bond motifs is 1. The average molecular weight is 328 g/mol. The lowest BCUT2D eigenvalue weighted by molar-refractivity contribution is 0.621. The molecule has 0 amide bonds. The largest absolute Gasteiger partial charge is 0.349 e. The summed E-state index contributed by atoms with van der Waals surface area (Å²) in [7, 11) is 0. The normalized spacial score (nSPS) is 24.3. The fourth-order valence-electron chi connectivity index (χ4n) is 3.01. The molecule has 0 aromatic carbocycles. The Labute approximate surface area is 120 Å². The van der Waals surface area contributed by atoms with E-state index in [1.807, 2.05) is 0 Å². The number of aromatic nitrogens is 2. The zero-order valence-electron chi connectivity index (χ0n) is 10.8. The summed E-state index contributed by atoms with van der Waals surface area (Å²) in [5.41, 5.74) is 1.29. The first kappa shape index (κ1) is 12.5. The van der Waals surface area contributed by atoms with Crippen LogP contribution in [0.1, 0.15) is 38.8 Å². The van der Waals surface area contributed by atoms with Crippen molar-refractivity contribution >= 4 is 38.0 Å². The van der Waals surface area contributed by atoms with Gasteiger partial charge < -0.3 is 4.90 Å². The molecule has 2 aromatic rings. The van der Waals surface area contributed by atoms with Crippen molar-refractivity contribution < 1.29 is 0 Å². The Kier molecular flexibility index (Phi) is 3.36. The Morgan fingerprint density at radius 1 is 1.50 bits per heavy atom. The molecule has 2 aromatic heterocycles. The Hall–Kier alpha value is -0.550. The van der Waals surface area contributed by atoms with Gasteiger partial charge in [-0.05, 0) is 26.2 Å². The van der Waals surface area contributed by atoms with Crippen LogP contribution in [0, 0.1) is 0 Å². The van der Waals surface area contributed by atoms with Crippen molar-refractivity contribution in [3.63, 3.8) is 0 Å². The van der Waals surface area contributed by atoms with E-state index in [4.69, 9.17) is 4.98 Å². The van der Waals surface area contributed by atoms with E-state index in [1.165, 1.54) is 30.8 Å². The molecule has 3 rings (SSSR count). The highest BCUT2D eigenvalue weighted by molar-refractivity contribution is 9.08. The minimum absolute atomic E-state index is 0.609. The highest BCUT2D eigenvalue weighted by Crippen LogP contribution is 2.35. The van der Waals surface area contributed by atoms with Crippen LogP contribution in [0.4, 0.5) is 5.82 Å². The first-order chi connectivity index (χ1) is 8.76. The summed E-state index contributed by atoms with van der Waals surface area (Å²) >= 11 is 5.33. The maximum atomic E-state index is 4.85. The summed E-state index contributed by atoms with van der Waals surface area (Å²) in [6, 6.07) is 1.26. The second-order valence-corrected chi connectivity index (χ2v) is 6.40. The molecule has 0 radical (unpaired) electrons. The van der Waals surface area contributed by atoms with Gasteiger partial charge in [0.15, 0.2) is 10.8 Å². The first-order valence-corrected chi connectivity index (χ1v) is 8.55. The topological polar surface area (TPSA) is 20.5 Å². The molecule has 3 nitrogen and oxygen atoms in total. The summed E-state index contributed by atoms with van der Waals surface area (Å²) in [6.45, 7) is 4.60. The lowest BCUT2D eigenvalue weighted by Gasteiger charge is -2.28. The number of nitrogens with zero attached hydrogens (tertiary/aromatic N) is 3. The van der Waals surface area contributed by atoms with Gasteiger partial charge in [-0.25, -0.2) is 4.98 Å². The summed E-state index contributed by atoms with van der Waals surface area (Å²) in [5.74, 6) is 1.19. The van der Waals surface area contributed by atoms with Crippen molar-refractivity contribution in [3.05, 3.63) is 17.3 Å². The molecule has 1 aliphatic heterocycles. The highest BCUT2D eigenvalue weighted by atomic mass is 79.9. The van der Waals surface area contributed by atoms with Gasteiger partial charge in [0, 0.05) is 29.0 Å². The van der Waals surface area contributed by atoms with Gasteiger partial charge in [0.25, 0.3) is 0 Å². The van der Waals surface area contributed by atoms with Gasteiger partial charge in [-0.15, -0.1) is 11.3 Å². The Bertz CT molecular complexity index is 547. The molecule has 18 heavy (non-hydrogen) atoms. The number of hydrogen-bond donors (Lipinski definition) is 0. The van der Waals surface area contributed by atoms with E-state index in [-0.39, 0.29) is 0 Å². The molecule has 0 spiro atoms. The van der Waals surface area contributed by atoms with Crippen LogP contribution < -0.4 is 4.90 Å². The lowest BCUT2D eigenvalue weighted by Crippen LogP contribution is -2.35. The molecular weight excluding hydrogens is 310 g/mol. The number of thiazole rings is 1. The maximum Gasteiger partial charge on any atom is 0.195 e. The van der Waals surface area contributed by atoms with E-state index in [9.17, 15) is 0 Å². The molecule has 0 saturated carbocycles. The summed E-state index contributed by atoms with van der Waals surface area (Å²) < 4.78 is 2.21. The molecule has 0 N–H and O–H groups in total. The minimum Gasteiger partial charge on any atom is -0.349 e. The lowest BCUT2D eigenvalue weighted by atomic mass is 10.1. The van der Waals surface area contributed by atoms with Crippen molar-refractivity contribution in [2.24, 2.45) is 0 Å². The molecular formula is C13H18BrN3S. The maximum absolute atomic E-state index is 4.85. The molecule has 3 heterocycles. The summed E-state index contributed by atoms with van der Waals surface area (Å²) in [6.07, 6.45) is 5.90. The summed E-state index contributed by atoms with van der Waals surface area (Å²) in [5, 5.41) is 2.96. The molecule has 1 saturated heterocycles. The van der Waals surface area contributed by atoms with Gasteiger partial charge in [-0.1, -0.05) is 22.9 Å². The number of hydrogen-bond acceptors (Lipinski definition) is 3. The standard InChI is InChI=1S/C13H18BrN3S/c1-3-10-5-4-9(2)17(10)12-11(8-14)16-6-7-18-13(16)15-12/h6-7,9-10H,3-5,8H2,1-2H3. The zero-order chi connectivity index (χ0) is 12.7. The average Bonchev–Trinajstić information content (AvgIpc) is 3.01.